The second-order valence-corrected chi connectivity index (χ2v) is 2.70. The maximum atomic E-state index is 12.1. The first-order chi connectivity index (χ1) is 6.30. The van der Waals surface area contributed by atoms with Gasteiger partial charge >= 0.3 is 6.18 Å². The number of Topliss-reactive ketones (excluding diaryl/α,β-unsaturated/α-hetero) is 1. The van der Waals surface area contributed by atoms with Gasteiger partial charge in [-0.25, -0.2) is 0 Å². The van der Waals surface area contributed by atoms with Crippen LogP contribution in [0.5, 0.6) is 0 Å². The van der Waals surface area contributed by atoms with Crippen LogP contribution >= 0.6 is 0 Å². The lowest BCUT2D eigenvalue weighted by molar-refractivity contribution is -0.141. The number of nitrogens with one attached hydrogen (secondary N) is 1. The van der Waals surface area contributed by atoms with Gasteiger partial charge < -0.3 is 4.98 Å². The average Bonchev–Trinajstić information content (AvgIpc) is 2.01. The van der Waals surface area contributed by atoms with Gasteiger partial charge in [-0.2, -0.15) is 13.2 Å². The van der Waals surface area contributed by atoms with Gasteiger partial charge in [0.2, 0.25) is 5.56 Å². The Morgan fingerprint density at radius 1 is 1.36 bits per heavy atom. The van der Waals surface area contributed by atoms with Crippen molar-refractivity contribution in [3.8, 4) is 0 Å². The van der Waals surface area contributed by atoms with E-state index in [4.69, 9.17) is 0 Å². The molecule has 76 valence electrons. The van der Waals surface area contributed by atoms with Gasteiger partial charge in [0.25, 0.3) is 0 Å². The van der Waals surface area contributed by atoms with Crippen molar-refractivity contribution in [3.63, 3.8) is 0 Å². The van der Waals surface area contributed by atoms with Crippen LogP contribution in [-0.2, 0) is 6.18 Å². The molecule has 0 aliphatic heterocycles. The first-order valence-electron chi connectivity index (χ1n) is 3.63. The van der Waals surface area contributed by atoms with Gasteiger partial charge in [-0.05, 0) is 13.0 Å². The third kappa shape index (κ3) is 2.21. The van der Waals surface area contributed by atoms with Gasteiger partial charge in [0.05, 0.1) is 0 Å². The molecule has 14 heavy (non-hydrogen) atoms. The van der Waals surface area contributed by atoms with Crippen molar-refractivity contribution in [3.05, 3.63) is 33.7 Å². The fourth-order valence-electron chi connectivity index (χ4n) is 0.899. The zero-order chi connectivity index (χ0) is 10.9. The smallest absolute Gasteiger partial charge is 0.318 e. The van der Waals surface area contributed by atoms with Crippen LogP contribution in [0.4, 0.5) is 13.2 Å². The van der Waals surface area contributed by atoms with Gasteiger partial charge in [0.1, 0.15) is 5.69 Å². The second kappa shape index (κ2) is 3.28. The number of hydrogen-bond acceptors (Lipinski definition) is 2. The molecule has 0 bridgehead atoms. The minimum Gasteiger partial charge on any atom is -0.318 e. The van der Waals surface area contributed by atoms with Crippen molar-refractivity contribution in [1.29, 1.82) is 0 Å². The molecule has 1 aromatic rings. The quantitative estimate of drug-likeness (QED) is 0.708. The first-order valence-corrected chi connectivity index (χ1v) is 3.63. The minimum absolute atomic E-state index is 0.249. The van der Waals surface area contributed by atoms with Crippen molar-refractivity contribution in [2.75, 3.05) is 0 Å². The van der Waals surface area contributed by atoms with Crippen molar-refractivity contribution < 1.29 is 18.0 Å². The standard InChI is InChI=1S/C8H6F3NO2/c1-4(13)5-2-6(8(9,10)11)12-7(14)3-5/h2-3H,1H3,(H,12,14). The molecule has 0 amide bonds. The van der Waals surface area contributed by atoms with E-state index in [1.165, 1.54) is 0 Å². The Morgan fingerprint density at radius 3 is 2.36 bits per heavy atom. The van der Waals surface area contributed by atoms with Gasteiger partial charge in [-0.1, -0.05) is 0 Å². The Labute approximate surface area is 76.6 Å². The van der Waals surface area contributed by atoms with Crippen LogP contribution in [0.2, 0.25) is 0 Å². The highest BCUT2D eigenvalue weighted by atomic mass is 19.4. The van der Waals surface area contributed by atoms with Crippen LogP contribution in [0.25, 0.3) is 0 Å². The van der Waals surface area contributed by atoms with Crippen LogP contribution in [0.15, 0.2) is 16.9 Å². The van der Waals surface area contributed by atoms with Crippen LogP contribution in [-0.4, -0.2) is 10.8 Å². The van der Waals surface area contributed by atoms with E-state index in [9.17, 15) is 22.8 Å². The highest BCUT2D eigenvalue weighted by Crippen LogP contribution is 2.26. The zero-order valence-electron chi connectivity index (χ0n) is 7.11. The molecular weight excluding hydrogens is 199 g/mol. The largest absolute Gasteiger partial charge is 0.431 e. The summed E-state index contributed by atoms with van der Waals surface area (Å²) in [5.74, 6) is -0.582. The van der Waals surface area contributed by atoms with E-state index in [0.717, 1.165) is 13.0 Å². The number of alkyl halides is 3. The Hall–Kier alpha value is -1.59. The number of hydrogen-bond donors (Lipinski definition) is 1. The summed E-state index contributed by atoms with van der Waals surface area (Å²) in [5, 5.41) is 0. The lowest BCUT2D eigenvalue weighted by atomic mass is 10.1. The van der Waals surface area contributed by atoms with Crippen LogP contribution in [0.1, 0.15) is 23.0 Å². The van der Waals surface area contributed by atoms with Crippen molar-refractivity contribution in [2.24, 2.45) is 0 Å². The van der Waals surface area contributed by atoms with E-state index >= 15 is 0 Å². The third-order valence-corrected chi connectivity index (χ3v) is 1.56. The lowest BCUT2D eigenvalue weighted by Gasteiger charge is -2.06. The molecule has 0 saturated heterocycles. The molecule has 0 aromatic carbocycles. The molecule has 0 unspecified atom stereocenters. The lowest BCUT2D eigenvalue weighted by Crippen LogP contribution is -2.17. The van der Waals surface area contributed by atoms with Gasteiger partial charge in [-0.3, -0.25) is 9.59 Å². The van der Waals surface area contributed by atoms with Crippen LogP contribution in [0.3, 0.4) is 0 Å². The molecule has 0 fully saturated rings. The monoisotopic (exact) mass is 205 g/mol. The summed E-state index contributed by atoms with van der Waals surface area (Å²) in [6.07, 6.45) is -4.65. The predicted octanol–water partition coefficient (Wildman–Crippen LogP) is 1.60. The summed E-state index contributed by atoms with van der Waals surface area (Å²) in [4.78, 5) is 23.1. The topological polar surface area (TPSA) is 49.9 Å². The number of aromatic amines is 1. The summed E-state index contributed by atoms with van der Waals surface area (Å²) >= 11 is 0. The van der Waals surface area contributed by atoms with E-state index in [1.807, 2.05) is 0 Å². The number of ketones is 1. The fraction of sp³-hybridized carbons (Fsp3) is 0.250. The highest BCUT2D eigenvalue weighted by Gasteiger charge is 2.32. The van der Waals surface area contributed by atoms with Gasteiger partial charge in [0, 0.05) is 11.6 Å². The minimum atomic E-state index is -4.65. The number of pyridine rings is 1. The maximum absolute atomic E-state index is 12.1. The molecule has 6 heteroatoms. The molecule has 0 spiro atoms. The Kier molecular flexibility index (Phi) is 2.46. The molecule has 1 rings (SSSR count). The SMILES string of the molecule is CC(=O)c1cc(C(F)(F)F)[nH]c(=O)c1. The number of halogens is 3. The molecular formula is C8H6F3NO2. The zero-order valence-corrected chi connectivity index (χ0v) is 7.11. The third-order valence-electron chi connectivity index (χ3n) is 1.56. The number of aromatic nitrogens is 1. The Bertz CT molecular complexity index is 419. The van der Waals surface area contributed by atoms with Gasteiger partial charge in [0.15, 0.2) is 5.78 Å². The summed E-state index contributed by atoms with van der Waals surface area (Å²) in [5.41, 5.74) is -2.40. The maximum Gasteiger partial charge on any atom is 0.431 e. The number of carbonyl (C=O) groups is 1. The molecule has 0 saturated carbocycles. The molecule has 0 aliphatic carbocycles. The summed E-state index contributed by atoms with van der Waals surface area (Å²) in [7, 11) is 0. The predicted molar refractivity (Wildman–Crippen MR) is 42.1 cm³/mol. The van der Waals surface area contributed by atoms with E-state index < -0.39 is 23.2 Å². The number of rotatable bonds is 1. The van der Waals surface area contributed by atoms with Crippen molar-refractivity contribution >= 4 is 5.78 Å². The molecule has 1 heterocycles. The Morgan fingerprint density at radius 2 is 1.93 bits per heavy atom. The molecule has 1 aromatic heterocycles. The van der Waals surface area contributed by atoms with E-state index in [-0.39, 0.29) is 5.56 Å². The van der Waals surface area contributed by atoms with E-state index in [0.29, 0.717) is 6.07 Å². The van der Waals surface area contributed by atoms with Gasteiger partial charge in [-0.15, -0.1) is 0 Å². The van der Waals surface area contributed by atoms with Crippen molar-refractivity contribution in [2.45, 2.75) is 13.1 Å². The molecule has 0 atom stereocenters. The second-order valence-electron chi connectivity index (χ2n) is 2.70. The molecule has 1 N–H and O–H groups in total. The number of H-pyrrole nitrogens is 1. The first kappa shape index (κ1) is 10.5. The average molecular weight is 205 g/mol. The summed E-state index contributed by atoms with van der Waals surface area (Å²) < 4.78 is 36.4. The van der Waals surface area contributed by atoms with Crippen LogP contribution in [0, 0.1) is 0 Å². The fourth-order valence-corrected chi connectivity index (χ4v) is 0.899. The normalized spacial score (nSPS) is 11.4. The van der Waals surface area contributed by atoms with Crippen LogP contribution < -0.4 is 5.56 Å². The highest BCUT2D eigenvalue weighted by molar-refractivity contribution is 5.93. The molecule has 0 radical (unpaired) electrons. The van der Waals surface area contributed by atoms with E-state index in [1.54, 1.807) is 4.98 Å². The molecule has 3 nitrogen and oxygen atoms in total. The summed E-state index contributed by atoms with van der Waals surface area (Å²) in [6, 6.07) is 1.45. The molecule has 0 aliphatic rings. The van der Waals surface area contributed by atoms with E-state index in [2.05, 4.69) is 0 Å². The van der Waals surface area contributed by atoms with Crippen molar-refractivity contribution in [1.82, 2.24) is 4.98 Å². The Balaban J connectivity index is 3.35. The summed E-state index contributed by atoms with van der Waals surface area (Å²) in [6.45, 7) is 1.09. The number of carbonyl (C=O) groups excluding carboxylic acids is 1.